The molecule has 21 heavy (non-hydrogen) atoms. The molecule has 110 valence electrons. The fraction of sp³-hybridized carbons (Fsp3) is 0.235. The molecule has 0 heterocycles. The number of amides is 1. The van der Waals surface area contributed by atoms with E-state index in [1.54, 1.807) is 38.1 Å². The number of carbonyl (C=O) groups is 1. The first-order valence-electron chi connectivity index (χ1n) is 6.79. The zero-order valence-corrected chi connectivity index (χ0v) is 12.5. The predicted octanol–water partition coefficient (Wildman–Crippen LogP) is 3.26. The molecular formula is C17H19FN2O. The number of carbonyl (C=O) groups excluding carboxylic acids is 1. The highest BCUT2D eigenvalue weighted by Crippen LogP contribution is 2.17. The number of nitrogens with two attached hydrogens (primary N) is 1. The minimum atomic E-state index is -0.226. The molecule has 2 aromatic carbocycles. The first-order chi connectivity index (χ1) is 9.90. The van der Waals surface area contributed by atoms with E-state index in [4.69, 9.17) is 5.73 Å². The molecule has 0 aromatic heterocycles. The van der Waals surface area contributed by atoms with Crippen LogP contribution in [0.15, 0.2) is 30.3 Å². The van der Waals surface area contributed by atoms with Gasteiger partial charge in [-0.3, -0.25) is 4.79 Å². The molecule has 0 aliphatic heterocycles. The Labute approximate surface area is 124 Å². The predicted molar refractivity (Wildman–Crippen MR) is 82.6 cm³/mol. The van der Waals surface area contributed by atoms with E-state index in [0.717, 1.165) is 11.1 Å². The number of hydrogen-bond donors (Lipinski definition) is 2. The first-order valence-corrected chi connectivity index (χ1v) is 6.79. The van der Waals surface area contributed by atoms with E-state index >= 15 is 0 Å². The van der Waals surface area contributed by atoms with E-state index < -0.39 is 0 Å². The summed E-state index contributed by atoms with van der Waals surface area (Å²) in [5, 5.41) is 2.82. The zero-order valence-electron chi connectivity index (χ0n) is 12.5. The highest BCUT2D eigenvalue weighted by molar-refractivity contribution is 5.99. The fourth-order valence-electron chi connectivity index (χ4n) is 2.29. The van der Waals surface area contributed by atoms with E-state index in [9.17, 15) is 9.18 Å². The van der Waals surface area contributed by atoms with Gasteiger partial charge in [0.1, 0.15) is 5.82 Å². The van der Waals surface area contributed by atoms with Crippen LogP contribution >= 0.6 is 0 Å². The molecule has 3 N–H and O–H groups in total. The molecule has 0 aliphatic carbocycles. The Bertz CT molecular complexity index is 672. The molecule has 0 saturated carbocycles. The van der Waals surface area contributed by atoms with Crippen LogP contribution in [0, 0.1) is 26.6 Å². The summed E-state index contributed by atoms with van der Waals surface area (Å²) in [7, 11) is 0. The van der Waals surface area contributed by atoms with Crippen molar-refractivity contribution >= 4 is 11.6 Å². The highest BCUT2D eigenvalue weighted by atomic mass is 19.1. The van der Waals surface area contributed by atoms with Crippen molar-refractivity contribution < 1.29 is 9.18 Å². The number of benzene rings is 2. The van der Waals surface area contributed by atoms with E-state index in [-0.39, 0.29) is 11.7 Å². The molecule has 0 aliphatic rings. The minimum Gasteiger partial charge on any atom is -0.398 e. The average Bonchev–Trinajstić information content (AvgIpc) is 2.45. The Balaban J connectivity index is 2.13. The van der Waals surface area contributed by atoms with Crippen LogP contribution in [0.1, 0.15) is 32.6 Å². The summed E-state index contributed by atoms with van der Waals surface area (Å²) in [6.07, 6.45) is 0. The molecule has 4 heteroatoms. The van der Waals surface area contributed by atoms with E-state index in [1.165, 1.54) is 0 Å². The summed E-state index contributed by atoms with van der Waals surface area (Å²) < 4.78 is 13.6. The van der Waals surface area contributed by atoms with E-state index in [0.29, 0.717) is 28.9 Å². The topological polar surface area (TPSA) is 55.1 Å². The van der Waals surface area contributed by atoms with Gasteiger partial charge in [-0.15, -0.1) is 0 Å². The van der Waals surface area contributed by atoms with Crippen LogP contribution in [-0.4, -0.2) is 5.91 Å². The summed E-state index contributed by atoms with van der Waals surface area (Å²) in [6, 6.07) is 8.83. The van der Waals surface area contributed by atoms with Gasteiger partial charge in [-0.05, 0) is 49.1 Å². The Kier molecular flexibility index (Phi) is 4.26. The lowest BCUT2D eigenvalue weighted by atomic mass is 10.1. The van der Waals surface area contributed by atoms with Crippen molar-refractivity contribution in [3.8, 4) is 0 Å². The lowest BCUT2D eigenvalue weighted by Crippen LogP contribution is -2.24. The molecule has 0 radical (unpaired) electrons. The number of halogens is 1. The van der Waals surface area contributed by atoms with Crippen LogP contribution in [0.4, 0.5) is 10.1 Å². The van der Waals surface area contributed by atoms with Crippen LogP contribution < -0.4 is 11.1 Å². The summed E-state index contributed by atoms with van der Waals surface area (Å²) in [5.41, 5.74) is 9.76. The summed E-state index contributed by atoms with van der Waals surface area (Å²) in [5.74, 6) is -0.427. The maximum atomic E-state index is 13.6. The van der Waals surface area contributed by atoms with Crippen molar-refractivity contribution in [1.29, 1.82) is 0 Å². The van der Waals surface area contributed by atoms with Gasteiger partial charge < -0.3 is 11.1 Å². The van der Waals surface area contributed by atoms with Crippen molar-refractivity contribution in [2.75, 3.05) is 5.73 Å². The highest BCUT2D eigenvalue weighted by Gasteiger charge is 2.11. The lowest BCUT2D eigenvalue weighted by molar-refractivity contribution is 0.0951. The van der Waals surface area contributed by atoms with Crippen LogP contribution in [0.5, 0.6) is 0 Å². The maximum Gasteiger partial charge on any atom is 0.253 e. The Morgan fingerprint density at radius 1 is 1.14 bits per heavy atom. The van der Waals surface area contributed by atoms with Crippen LogP contribution in [0.2, 0.25) is 0 Å². The zero-order chi connectivity index (χ0) is 15.6. The van der Waals surface area contributed by atoms with Gasteiger partial charge in [0.2, 0.25) is 0 Å². The molecular weight excluding hydrogens is 267 g/mol. The van der Waals surface area contributed by atoms with Crippen molar-refractivity contribution in [1.82, 2.24) is 5.32 Å². The molecule has 0 saturated heterocycles. The molecule has 2 rings (SSSR count). The molecule has 0 atom stereocenters. The monoisotopic (exact) mass is 286 g/mol. The molecule has 0 unspecified atom stereocenters. The number of aryl methyl sites for hydroxylation is 3. The number of anilines is 1. The fourth-order valence-corrected chi connectivity index (χ4v) is 2.29. The van der Waals surface area contributed by atoms with Crippen LogP contribution in [-0.2, 0) is 6.54 Å². The van der Waals surface area contributed by atoms with Crippen LogP contribution in [0.25, 0.3) is 0 Å². The smallest absolute Gasteiger partial charge is 0.253 e. The third kappa shape index (κ3) is 3.21. The second-order valence-corrected chi connectivity index (χ2v) is 5.26. The number of rotatable bonds is 3. The molecule has 1 amide bonds. The average molecular weight is 286 g/mol. The second-order valence-electron chi connectivity index (χ2n) is 5.26. The largest absolute Gasteiger partial charge is 0.398 e. The third-order valence-corrected chi connectivity index (χ3v) is 3.52. The van der Waals surface area contributed by atoms with Gasteiger partial charge in [0.15, 0.2) is 0 Å². The van der Waals surface area contributed by atoms with Gasteiger partial charge in [0.25, 0.3) is 5.91 Å². The number of para-hydroxylation sites is 1. The van der Waals surface area contributed by atoms with Gasteiger partial charge in [-0.1, -0.05) is 24.3 Å². The second kappa shape index (κ2) is 5.95. The number of hydrogen-bond acceptors (Lipinski definition) is 2. The van der Waals surface area contributed by atoms with Gasteiger partial charge in [-0.25, -0.2) is 4.39 Å². The third-order valence-electron chi connectivity index (χ3n) is 3.52. The van der Waals surface area contributed by atoms with Gasteiger partial charge in [0, 0.05) is 12.2 Å². The molecule has 2 aromatic rings. The Hall–Kier alpha value is -2.36. The van der Waals surface area contributed by atoms with Crippen molar-refractivity contribution in [3.63, 3.8) is 0 Å². The van der Waals surface area contributed by atoms with Crippen molar-refractivity contribution in [3.05, 3.63) is 64.0 Å². The Morgan fingerprint density at radius 3 is 2.38 bits per heavy atom. The summed E-state index contributed by atoms with van der Waals surface area (Å²) >= 11 is 0. The van der Waals surface area contributed by atoms with Crippen molar-refractivity contribution in [2.45, 2.75) is 27.3 Å². The first kappa shape index (κ1) is 15.0. The molecule has 0 spiro atoms. The SMILES string of the molecule is Cc1cccc(C(=O)NCc2cc(C)c(F)c(C)c2)c1N. The van der Waals surface area contributed by atoms with Gasteiger partial charge >= 0.3 is 0 Å². The standard InChI is InChI=1S/C17H19FN2O/c1-10-5-4-6-14(16(10)19)17(21)20-9-13-7-11(2)15(18)12(3)8-13/h4-8H,9,19H2,1-3H3,(H,20,21). The van der Waals surface area contributed by atoms with E-state index in [1.807, 2.05) is 13.0 Å². The van der Waals surface area contributed by atoms with Crippen LogP contribution in [0.3, 0.4) is 0 Å². The van der Waals surface area contributed by atoms with E-state index in [2.05, 4.69) is 5.32 Å². The van der Waals surface area contributed by atoms with Crippen molar-refractivity contribution in [2.24, 2.45) is 0 Å². The summed E-state index contributed by atoms with van der Waals surface area (Å²) in [6.45, 7) is 5.63. The number of nitrogens with one attached hydrogen (secondary N) is 1. The molecule has 3 nitrogen and oxygen atoms in total. The quantitative estimate of drug-likeness (QED) is 0.851. The molecule has 0 fully saturated rings. The number of nitrogen functional groups attached to an aromatic ring is 1. The molecule has 0 bridgehead atoms. The summed E-state index contributed by atoms with van der Waals surface area (Å²) in [4.78, 5) is 12.2. The minimum absolute atomic E-state index is 0.201. The van der Waals surface area contributed by atoms with Gasteiger partial charge in [-0.2, -0.15) is 0 Å². The normalized spacial score (nSPS) is 10.5. The lowest BCUT2D eigenvalue weighted by Gasteiger charge is -2.11. The Morgan fingerprint density at radius 2 is 1.76 bits per heavy atom. The van der Waals surface area contributed by atoms with Gasteiger partial charge in [0.05, 0.1) is 5.56 Å². The maximum absolute atomic E-state index is 13.6.